The number of benzene rings is 1. The van der Waals surface area contributed by atoms with Crippen LogP contribution in [0.4, 0.5) is 0 Å². The summed E-state index contributed by atoms with van der Waals surface area (Å²) >= 11 is 0. The van der Waals surface area contributed by atoms with E-state index >= 15 is 0 Å². The minimum absolute atomic E-state index is 0.327. The Kier molecular flexibility index (Phi) is 4.30. The highest BCUT2D eigenvalue weighted by atomic mass is 16.5. The fraction of sp³-hybridized carbons (Fsp3) is 0.133. The van der Waals surface area contributed by atoms with Crippen LogP contribution in [0.3, 0.4) is 0 Å². The molecular formula is C15H12N2O3. The van der Waals surface area contributed by atoms with Gasteiger partial charge in [-0.3, -0.25) is 0 Å². The number of pyridine rings is 1. The van der Waals surface area contributed by atoms with Crippen LogP contribution in [0.25, 0.3) is 0 Å². The topological polar surface area (TPSA) is 72.2 Å². The SMILES string of the molecule is CCOC(=O)c1ccc(Oc2cc(C#N)ccn2)cc1. The molecule has 0 aliphatic carbocycles. The number of carbonyl (C=O) groups is 1. The highest BCUT2D eigenvalue weighted by molar-refractivity contribution is 5.89. The lowest BCUT2D eigenvalue weighted by Gasteiger charge is -2.06. The molecule has 100 valence electrons. The van der Waals surface area contributed by atoms with Crippen molar-refractivity contribution in [3.8, 4) is 17.7 Å². The van der Waals surface area contributed by atoms with Crippen LogP contribution in [-0.2, 0) is 4.74 Å². The molecule has 1 aromatic carbocycles. The molecule has 20 heavy (non-hydrogen) atoms. The van der Waals surface area contributed by atoms with Crippen LogP contribution in [-0.4, -0.2) is 17.6 Å². The number of rotatable bonds is 4. The number of nitriles is 1. The zero-order valence-electron chi connectivity index (χ0n) is 10.9. The maximum Gasteiger partial charge on any atom is 0.338 e. The average Bonchev–Trinajstić information content (AvgIpc) is 2.48. The molecule has 1 aromatic heterocycles. The third-order valence-electron chi connectivity index (χ3n) is 2.45. The van der Waals surface area contributed by atoms with Crippen LogP contribution >= 0.6 is 0 Å². The van der Waals surface area contributed by atoms with Crippen molar-refractivity contribution < 1.29 is 14.3 Å². The molecule has 0 spiro atoms. The summed E-state index contributed by atoms with van der Waals surface area (Å²) in [5.74, 6) is 0.484. The number of hydrogen-bond donors (Lipinski definition) is 0. The summed E-state index contributed by atoms with van der Waals surface area (Å²) in [5.41, 5.74) is 0.927. The summed E-state index contributed by atoms with van der Waals surface area (Å²) in [6.07, 6.45) is 1.50. The first-order chi connectivity index (χ1) is 9.72. The lowest BCUT2D eigenvalue weighted by Crippen LogP contribution is -2.04. The number of aromatic nitrogens is 1. The summed E-state index contributed by atoms with van der Waals surface area (Å²) in [5, 5.41) is 8.79. The highest BCUT2D eigenvalue weighted by Crippen LogP contribution is 2.20. The van der Waals surface area contributed by atoms with E-state index in [4.69, 9.17) is 14.7 Å². The zero-order chi connectivity index (χ0) is 14.4. The second-order valence-electron chi connectivity index (χ2n) is 3.84. The molecule has 5 nitrogen and oxygen atoms in total. The van der Waals surface area contributed by atoms with Crippen LogP contribution in [0.15, 0.2) is 42.6 Å². The Labute approximate surface area is 116 Å². The zero-order valence-corrected chi connectivity index (χ0v) is 10.9. The Balaban J connectivity index is 2.11. The molecule has 0 saturated heterocycles. The van der Waals surface area contributed by atoms with E-state index in [9.17, 15) is 4.79 Å². The maximum atomic E-state index is 11.5. The van der Waals surface area contributed by atoms with Gasteiger partial charge in [0.05, 0.1) is 23.8 Å². The molecule has 0 saturated carbocycles. The highest BCUT2D eigenvalue weighted by Gasteiger charge is 2.06. The average molecular weight is 268 g/mol. The summed E-state index contributed by atoms with van der Waals surface area (Å²) in [7, 11) is 0. The van der Waals surface area contributed by atoms with Gasteiger partial charge < -0.3 is 9.47 Å². The van der Waals surface area contributed by atoms with E-state index in [1.807, 2.05) is 6.07 Å². The Morgan fingerprint density at radius 2 is 2.05 bits per heavy atom. The fourth-order valence-corrected chi connectivity index (χ4v) is 1.53. The number of ether oxygens (including phenoxy) is 2. The smallest absolute Gasteiger partial charge is 0.338 e. The molecule has 0 radical (unpaired) electrons. The minimum Gasteiger partial charge on any atom is -0.462 e. The van der Waals surface area contributed by atoms with Gasteiger partial charge in [-0.05, 0) is 37.3 Å². The third kappa shape index (κ3) is 3.33. The lowest BCUT2D eigenvalue weighted by atomic mass is 10.2. The monoisotopic (exact) mass is 268 g/mol. The second-order valence-corrected chi connectivity index (χ2v) is 3.84. The Morgan fingerprint density at radius 3 is 2.70 bits per heavy atom. The van der Waals surface area contributed by atoms with Gasteiger partial charge in [0.2, 0.25) is 5.88 Å². The molecule has 0 fully saturated rings. The molecule has 5 heteroatoms. The minimum atomic E-state index is -0.372. The molecule has 0 aliphatic heterocycles. The Morgan fingerprint density at radius 1 is 1.30 bits per heavy atom. The van der Waals surface area contributed by atoms with E-state index in [0.29, 0.717) is 29.4 Å². The van der Waals surface area contributed by atoms with Crippen molar-refractivity contribution in [3.63, 3.8) is 0 Å². The molecule has 0 N–H and O–H groups in total. The summed E-state index contributed by atoms with van der Waals surface area (Å²) in [6, 6.07) is 11.7. The first-order valence-electron chi connectivity index (χ1n) is 6.04. The first-order valence-corrected chi connectivity index (χ1v) is 6.04. The normalized spacial score (nSPS) is 9.60. The van der Waals surface area contributed by atoms with Crippen molar-refractivity contribution in [3.05, 3.63) is 53.7 Å². The van der Waals surface area contributed by atoms with Gasteiger partial charge in [0.1, 0.15) is 5.75 Å². The van der Waals surface area contributed by atoms with Crippen molar-refractivity contribution in [1.29, 1.82) is 5.26 Å². The van der Waals surface area contributed by atoms with Crippen LogP contribution in [0.2, 0.25) is 0 Å². The largest absolute Gasteiger partial charge is 0.462 e. The summed E-state index contributed by atoms with van der Waals surface area (Å²) in [6.45, 7) is 2.09. The quantitative estimate of drug-likeness (QED) is 0.797. The van der Waals surface area contributed by atoms with Gasteiger partial charge in [0, 0.05) is 12.3 Å². The lowest BCUT2D eigenvalue weighted by molar-refractivity contribution is 0.0526. The predicted molar refractivity (Wildman–Crippen MR) is 71.4 cm³/mol. The molecule has 0 aliphatic rings. The van der Waals surface area contributed by atoms with Crippen LogP contribution in [0.5, 0.6) is 11.6 Å². The van der Waals surface area contributed by atoms with Crippen LogP contribution in [0.1, 0.15) is 22.8 Å². The van der Waals surface area contributed by atoms with E-state index in [1.54, 1.807) is 43.3 Å². The maximum absolute atomic E-state index is 11.5. The molecule has 0 amide bonds. The molecular weight excluding hydrogens is 256 g/mol. The van der Waals surface area contributed by atoms with Gasteiger partial charge in [-0.15, -0.1) is 0 Å². The van der Waals surface area contributed by atoms with Gasteiger partial charge in [-0.1, -0.05) is 0 Å². The number of nitrogens with zero attached hydrogens (tertiary/aromatic N) is 2. The Bertz CT molecular complexity index is 645. The summed E-state index contributed by atoms with van der Waals surface area (Å²) in [4.78, 5) is 15.5. The molecule has 0 unspecified atom stereocenters. The number of hydrogen-bond acceptors (Lipinski definition) is 5. The van der Waals surface area contributed by atoms with Gasteiger partial charge in [0.25, 0.3) is 0 Å². The number of carbonyl (C=O) groups excluding carboxylic acids is 1. The third-order valence-corrected chi connectivity index (χ3v) is 2.45. The molecule has 2 rings (SSSR count). The fourth-order valence-electron chi connectivity index (χ4n) is 1.53. The van der Waals surface area contributed by atoms with Gasteiger partial charge in [-0.25, -0.2) is 9.78 Å². The van der Waals surface area contributed by atoms with Gasteiger partial charge in [-0.2, -0.15) is 5.26 Å². The van der Waals surface area contributed by atoms with Gasteiger partial charge in [0.15, 0.2) is 0 Å². The van der Waals surface area contributed by atoms with Crippen molar-refractivity contribution in [1.82, 2.24) is 4.98 Å². The van der Waals surface area contributed by atoms with E-state index in [-0.39, 0.29) is 5.97 Å². The Hall–Kier alpha value is -2.87. The van der Waals surface area contributed by atoms with Crippen molar-refractivity contribution in [2.24, 2.45) is 0 Å². The van der Waals surface area contributed by atoms with Crippen molar-refractivity contribution in [2.45, 2.75) is 6.92 Å². The van der Waals surface area contributed by atoms with Crippen molar-refractivity contribution >= 4 is 5.97 Å². The molecule has 1 heterocycles. The van der Waals surface area contributed by atoms with Crippen LogP contribution in [0, 0.1) is 11.3 Å². The van der Waals surface area contributed by atoms with E-state index < -0.39 is 0 Å². The van der Waals surface area contributed by atoms with Crippen molar-refractivity contribution in [2.75, 3.05) is 6.61 Å². The first kappa shape index (κ1) is 13.6. The molecule has 0 atom stereocenters. The van der Waals surface area contributed by atoms with E-state index in [2.05, 4.69) is 4.98 Å². The molecule has 2 aromatic rings. The molecule has 0 bridgehead atoms. The van der Waals surface area contributed by atoms with Gasteiger partial charge >= 0.3 is 5.97 Å². The van der Waals surface area contributed by atoms with E-state index in [1.165, 1.54) is 6.20 Å². The predicted octanol–water partition coefficient (Wildman–Crippen LogP) is 2.92. The van der Waals surface area contributed by atoms with Crippen LogP contribution < -0.4 is 4.74 Å². The second kappa shape index (κ2) is 6.34. The number of esters is 1. The summed E-state index contributed by atoms with van der Waals surface area (Å²) < 4.78 is 10.4. The standard InChI is InChI=1S/C15H12N2O3/c1-2-19-15(18)12-3-5-13(6-4-12)20-14-9-11(10-16)7-8-17-14/h3-9H,2H2,1H3. The van der Waals surface area contributed by atoms with E-state index in [0.717, 1.165) is 0 Å².